The maximum atomic E-state index is 12.7. The van der Waals surface area contributed by atoms with Crippen LogP contribution in [-0.4, -0.2) is 75.8 Å². The Morgan fingerprint density at radius 2 is 2.22 bits per heavy atom. The number of thioether (sulfide) groups is 2. The molecule has 2 atom stereocenters. The zero-order valence-electron chi connectivity index (χ0n) is 14.6. The summed E-state index contributed by atoms with van der Waals surface area (Å²) in [5.41, 5.74) is -1.60. The van der Waals surface area contributed by atoms with E-state index in [-0.39, 0.29) is 23.8 Å². The average Bonchev–Trinajstić information content (AvgIpc) is 2.63. The molecule has 9 nitrogen and oxygen atoms in total. The highest BCUT2D eigenvalue weighted by molar-refractivity contribution is 8.00. The van der Waals surface area contributed by atoms with E-state index in [1.807, 2.05) is 0 Å². The molecule has 2 rings (SSSR count). The van der Waals surface area contributed by atoms with Crippen molar-refractivity contribution in [3.8, 4) is 12.3 Å². The minimum Gasteiger partial charge on any atom is -0.477 e. The molecule has 1 fully saturated rings. The van der Waals surface area contributed by atoms with Gasteiger partial charge in [0.1, 0.15) is 17.7 Å². The summed E-state index contributed by atoms with van der Waals surface area (Å²) in [6.45, 7) is 0.980. The smallest absolute Gasteiger partial charge is 0.352 e. The fraction of sp³-hybridized carbons (Fsp3) is 0.500. The number of methoxy groups -OCH3 is 1. The van der Waals surface area contributed by atoms with Crippen LogP contribution in [0.25, 0.3) is 0 Å². The topological polar surface area (TPSA) is 122 Å². The average molecular weight is 414 g/mol. The normalized spacial score (nSPS) is 23.8. The first-order valence-electron chi connectivity index (χ1n) is 7.69. The number of rotatable bonds is 8. The molecule has 0 aliphatic carbocycles. The van der Waals surface area contributed by atoms with Crippen LogP contribution in [0.3, 0.4) is 0 Å². The van der Waals surface area contributed by atoms with Crippen molar-refractivity contribution in [2.24, 2.45) is 0 Å². The summed E-state index contributed by atoms with van der Waals surface area (Å²) in [5, 5.41) is 11.3. The first-order chi connectivity index (χ1) is 12.8. The molecule has 0 spiro atoms. The number of carbonyl (C=O) groups is 4. The van der Waals surface area contributed by atoms with Gasteiger partial charge in [-0.05, 0) is 0 Å². The molecule has 2 N–H and O–H groups in total. The molecule has 11 heteroatoms. The van der Waals surface area contributed by atoms with Gasteiger partial charge < -0.3 is 19.9 Å². The molecule has 0 bridgehead atoms. The van der Waals surface area contributed by atoms with Gasteiger partial charge in [-0.3, -0.25) is 19.3 Å². The molecule has 0 aromatic rings. The van der Waals surface area contributed by atoms with Crippen LogP contribution in [0.4, 0.5) is 0 Å². The number of nitrogens with one attached hydrogen (secondary N) is 1. The molecule has 0 aromatic carbocycles. The highest BCUT2D eigenvalue weighted by Gasteiger charge is 2.66. The van der Waals surface area contributed by atoms with Crippen molar-refractivity contribution in [3.05, 3.63) is 11.3 Å². The van der Waals surface area contributed by atoms with Gasteiger partial charge in [-0.1, -0.05) is 5.92 Å². The molecule has 2 aliphatic rings. The fourth-order valence-corrected chi connectivity index (χ4v) is 4.59. The van der Waals surface area contributed by atoms with E-state index >= 15 is 0 Å². The molecule has 2 amide bonds. The molecule has 2 aliphatic heterocycles. The quantitative estimate of drug-likeness (QED) is 0.180. The van der Waals surface area contributed by atoms with Crippen LogP contribution in [0.2, 0.25) is 0 Å². The zero-order valence-corrected chi connectivity index (χ0v) is 16.3. The second-order valence-corrected chi connectivity index (χ2v) is 7.62. The minimum atomic E-state index is -1.65. The van der Waals surface area contributed by atoms with Crippen LogP contribution in [-0.2, 0) is 28.7 Å². The Morgan fingerprint density at radius 3 is 2.78 bits per heavy atom. The number of hydrogen-bond acceptors (Lipinski definition) is 8. The molecule has 0 aromatic heterocycles. The first-order valence-corrected chi connectivity index (χ1v) is 9.90. The fourth-order valence-electron chi connectivity index (χ4n) is 2.69. The van der Waals surface area contributed by atoms with Gasteiger partial charge in [0.15, 0.2) is 0 Å². The minimum absolute atomic E-state index is 0.0410. The standard InChI is InChI=1S/C16H18N2O7S2/c1-4-5-26-8-11(20)17-16(24-3)14(23)18-12(13(21)22)10(6-25-9(2)19)7-27-15(16)18/h1,15H,5-8H2,2-3H3,(H,17,20)(H,21,22)/t15-,16+/m1/s1. The molecular formula is C16H18N2O7S2. The Bertz CT molecular complexity index is 746. The second kappa shape index (κ2) is 8.69. The van der Waals surface area contributed by atoms with Crippen molar-refractivity contribution in [1.82, 2.24) is 10.2 Å². The number of carboxylic acids is 1. The summed E-state index contributed by atoms with van der Waals surface area (Å²) >= 11 is 2.42. The van der Waals surface area contributed by atoms with Crippen LogP contribution in [0, 0.1) is 12.3 Å². The molecule has 27 heavy (non-hydrogen) atoms. The Kier molecular flexibility index (Phi) is 6.80. The summed E-state index contributed by atoms with van der Waals surface area (Å²) in [6.07, 6.45) is 5.13. The number of carboxylic acid groups (broad SMARTS) is 1. The van der Waals surface area contributed by atoms with Crippen molar-refractivity contribution >= 4 is 47.3 Å². The van der Waals surface area contributed by atoms with Crippen molar-refractivity contribution in [2.45, 2.75) is 18.0 Å². The molecule has 146 valence electrons. The van der Waals surface area contributed by atoms with E-state index in [1.165, 1.54) is 37.6 Å². The summed E-state index contributed by atoms with van der Waals surface area (Å²) in [7, 11) is 1.27. The Morgan fingerprint density at radius 1 is 1.52 bits per heavy atom. The highest BCUT2D eigenvalue weighted by Crippen LogP contribution is 2.46. The van der Waals surface area contributed by atoms with Crippen LogP contribution < -0.4 is 5.32 Å². The molecule has 2 heterocycles. The van der Waals surface area contributed by atoms with E-state index in [0.717, 1.165) is 4.90 Å². The third kappa shape index (κ3) is 4.07. The number of nitrogens with zero attached hydrogens (tertiary/aromatic N) is 1. The third-order valence-corrected chi connectivity index (χ3v) is 6.04. The Labute approximate surface area is 164 Å². The first kappa shape index (κ1) is 21.1. The number of amides is 2. The van der Waals surface area contributed by atoms with Crippen LogP contribution in [0.1, 0.15) is 6.92 Å². The van der Waals surface area contributed by atoms with Crippen LogP contribution in [0.15, 0.2) is 11.3 Å². The predicted octanol–water partition coefficient (Wildman–Crippen LogP) is -0.371. The van der Waals surface area contributed by atoms with Gasteiger partial charge in [0.05, 0.1) is 11.5 Å². The third-order valence-electron chi connectivity index (χ3n) is 3.83. The number of esters is 1. The monoisotopic (exact) mass is 414 g/mol. The second-order valence-electron chi connectivity index (χ2n) is 5.56. The Hall–Kier alpha value is -2.16. The van der Waals surface area contributed by atoms with E-state index in [9.17, 15) is 24.3 Å². The van der Waals surface area contributed by atoms with Crippen molar-refractivity contribution in [2.75, 3.05) is 31.0 Å². The zero-order chi connectivity index (χ0) is 20.2. The SMILES string of the molecule is C#CCSCC(=O)N[C@]1(OC)C(=O)N2C(C(=O)O)=C(COC(C)=O)CS[C@@H]21. The number of terminal acetylenes is 1. The van der Waals surface area contributed by atoms with Gasteiger partial charge in [0.2, 0.25) is 5.91 Å². The van der Waals surface area contributed by atoms with E-state index < -0.39 is 34.9 Å². The van der Waals surface area contributed by atoms with Crippen molar-refractivity contribution in [3.63, 3.8) is 0 Å². The van der Waals surface area contributed by atoms with E-state index in [0.29, 0.717) is 11.3 Å². The lowest BCUT2D eigenvalue weighted by Gasteiger charge is -2.55. The highest BCUT2D eigenvalue weighted by atomic mass is 32.2. The predicted molar refractivity (Wildman–Crippen MR) is 98.4 cm³/mol. The largest absolute Gasteiger partial charge is 0.477 e. The van der Waals surface area contributed by atoms with Gasteiger partial charge in [0.25, 0.3) is 11.6 Å². The number of fused-ring (bicyclic) bond motifs is 1. The van der Waals surface area contributed by atoms with Crippen molar-refractivity contribution < 1.29 is 33.8 Å². The van der Waals surface area contributed by atoms with Gasteiger partial charge in [-0.15, -0.1) is 29.9 Å². The van der Waals surface area contributed by atoms with Gasteiger partial charge in [-0.2, -0.15) is 0 Å². The maximum absolute atomic E-state index is 12.7. The molecule has 0 saturated carbocycles. The number of carbonyl (C=O) groups excluding carboxylic acids is 3. The summed E-state index contributed by atoms with van der Waals surface area (Å²) in [6, 6.07) is 0. The van der Waals surface area contributed by atoms with Gasteiger partial charge >= 0.3 is 11.9 Å². The maximum Gasteiger partial charge on any atom is 0.352 e. The lowest BCUT2D eigenvalue weighted by molar-refractivity contribution is -0.192. The summed E-state index contributed by atoms with van der Waals surface area (Å²) in [5.74, 6) is -0.0468. The number of β-lactam (4-membered cyclic amide) rings is 1. The molecule has 0 unspecified atom stereocenters. The van der Waals surface area contributed by atoms with Gasteiger partial charge in [-0.25, -0.2) is 4.79 Å². The lowest BCUT2D eigenvalue weighted by Crippen LogP contribution is -2.80. The van der Waals surface area contributed by atoms with Crippen LogP contribution >= 0.6 is 23.5 Å². The van der Waals surface area contributed by atoms with E-state index in [2.05, 4.69) is 11.2 Å². The van der Waals surface area contributed by atoms with Gasteiger partial charge in [0, 0.05) is 25.4 Å². The Balaban J connectivity index is 2.21. The molecular weight excluding hydrogens is 396 g/mol. The number of hydrogen-bond donors (Lipinski definition) is 2. The number of ether oxygens (including phenoxy) is 2. The lowest BCUT2D eigenvalue weighted by atomic mass is 9.98. The molecule has 0 radical (unpaired) electrons. The van der Waals surface area contributed by atoms with E-state index in [4.69, 9.17) is 15.9 Å². The summed E-state index contributed by atoms with van der Waals surface area (Å²) < 4.78 is 10.2. The van der Waals surface area contributed by atoms with Crippen molar-refractivity contribution in [1.29, 1.82) is 0 Å². The number of aliphatic carboxylic acids is 1. The van der Waals surface area contributed by atoms with Crippen LogP contribution in [0.5, 0.6) is 0 Å². The van der Waals surface area contributed by atoms with E-state index in [1.54, 1.807) is 0 Å². The molecule has 1 saturated heterocycles. The summed E-state index contributed by atoms with van der Waals surface area (Å²) in [4.78, 5) is 48.6.